The highest BCUT2D eigenvalue weighted by Gasteiger charge is 2.08. The molecule has 4 heteroatoms. The summed E-state index contributed by atoms with van der Waals surface area (Å²) in [4.78, 5) is 4.28. The first kappa shape index (κ1) is 15.3. The maximum absolute atomic E-state index is 9.57. The summed E-state index contributed by atoms with van der Waals surface area (Å²) in [6.07, 6.45) is 3.63. The zero-order valence-electron chi connectivity index (χ0n) is 12.4. The number of hydrogen-bond donors (Lipinski definition) is 3. The first-order valence-corrected chi connectivity index (χ1v) is 7.43. The van der Waals surface area contributed by atoms with Gasteiger partial charge in [-0.05, 0) is 24.5 Å². The molecule has 2 rings (SSSR count). The zero-order valence-corrected chi connectivity index (χ0v) is 12.4. The number of pyridine rings is 1. The van der Waals surface area contributed by atoms with Crippen molar-refractivity contribution in [3.05, 3.63) is 54.2 Å². The number of nitrogens with one attached hydrogen (secondary N) is 2. The van der Waals surface area contributed by atoms with Crippen molar-refractivity contribution in [1.29, 1.82) is 0 Å². The van der Waals surface area contributed by atoms with Gasteiger partial charge in [0.15, 0.2) is 0 Å². The van der Waals surface area contributed by atoms with Crippen LogP contribution in [0.1, 0.15) is 18.9 Å². The lowest BCUT2D eigenvalue weighted by atomic mass is 10.1. The van der Waals surface area contributed by atoms with Crippen molar-refractivity contribution < 1.29 is 5.11 Å². The minimum absolute atomic E-state index is 0.00572. The Hall–Kier alpha value is -2.07. The van der Waals surface area contributed by atoms with E-state index in [0.29, 0.717) is 0 Å². The SMILES string of the molecule is CCCNc1cc(NC(CO)Cc2ccccc2)ccn1. The van der Waals surface area contributed by atoms with Crippen molar-refractivity contribution in [1.82, 2.24) is 4.98 Å². The molecule has 0 bridgehead atoms. The average Bonchev–Trinajstić information content (AvgIpc) is 2.53. The van der Waals surface area contributed by atoms with Crippen LogP contribution in [0, 0.1) is 0 Å². The fraction of sp³-hybridized carbons (Fsp3) is 0.353. The summed E-state index contributed by atoms with van der Waals surface area (Å²) in [5.41, 5.74) is 2.18. The molecule has 1 atom stereocenters. The van der Waals surface area contributed by atoms with Gasteiger partial charge in [0.25, 0.3) is 0 Å². The van der Waals surface area contributed by atoms with Gasteiger partial charge in [0, 0.05) is 24.5 Å². The van der Waals surface area contributed by atoms with Gasteiger partial charge >= 0.3 is 0 Å². The van der Waals surface area contributed by atoms with E-state index in [-0.39, 0.29) is 12.6 Å². The molecule has 2 aromatic rings. The van der Waals surface area contributed by atoms with Crippen molar-refractivity contribution in [3.63, 3.8) is 0 Å². The second-order valence-corrected chi connectivity index (χ2v) is 5.07. The predicted molar refractivity (Wildman–Crippen MR) is 87.7 cm³/mol. The monoisotopic (exact) mass is 285 g/mol. The summed E-state index contributed by atoms with van der Waals surface area (Å²) in [6, 6.07) is 14.1. The molecular formula is C17H23N3O. The van der Waals surface area contributed by atoms with Crippen LogP contribution < -0.4 is 10.6 Å². The Bertz CT molecular complexity index is 531. The molecule has 1 aromatic heterocycles. The van der Waals surface area contributed by atoms with E-state index in [1.165, 1.54) is 5.56 Å². The molecule has 0 saturated heterocycles. The van der Waals surface area contributed by atoms with Gasteiger partial charge in [-0.15, -0.1) is 0 Å². The molecule has 1 aromatic carbocycles. The number of aliphatic hydroxyl groups is 1. The summed E-state index contributed by atoms with van der Waals surface area (Å²) in [6.45, 7) is 3.12. The third kappa shape index (κ3) is 5.08. The van der Waals surface area contributed by atoms with Gasteiger partial charge in [-0.2, -0.15) is 0 Å². The lowest BCUT2D eigenvalue weighted by molar-refractivity contribution is 0.273. The first-order chi connectivity index (χ1) is 10.3. The Kier molecular flexibility index (Phi) is 6.03. The molecule has 112 valence electrons. The van der Waals surface area contributed by atoms with Crippen LogP contribution in [0.3, 0.4) is 0 Å². The molecule has 0 saturated carbocycles. The number of benzene rings is 1. The number of hydrogen-bond acceptors (Lipinski definition) is 4. The van der Waals surface area contributed by atoms with Gasteiger partial charge in [0.05, 0.1) is 12.6 Å². The minimum Gasteiger partial charge on any atom is -0.394 e. The lowest BCUT2D eigenvalue weighted by Gasteiger charge is -2.18. The molecule has 0 aliphatic carbocycles. The van der Waals surface area contributed by atoms with Crippen LogP contribution in [0.2, 0.25) is 0 Å². The van der Waals surface area contributed by atoms with Gasteiger partial charge < -0.3 is 15.7 Å². The average molecular weight is 285 g/mol. The fourth-order valence-electron chi connectivity index (χ4n) is 2.17. The number of aliphatic hydroxyl groups excluding tert-OH is 1. The molecule has 21 heavy (non-hydrogen) atoms. The number of anilines is 2. The number of aromatic nitrogens is 1. The van der Waals surface area contributed by atoms with Crippen molar-refractivity contribution >= 4 is 11.5 Å². The van der Waals surface area contributed by atoms with Crippen molar-refractivity contribution in [2.45, 2.75) is 25.8 Å². The Morgan fingerprint density at radius 3 is 2.71 bits per heavy atom. The lowest BCUT2D eigenvalue weighted by Crippen LogP contribution is -2.26. The van der Waals surface area contributed by atoms with Gasteiger partial charge in [0.1, 0.15) is 5.82 Å². The van der Waals surface area contributed by atoms with Crippen LogP contribution in [0.4, 0.5) is 11.5 Å². The van der Waals surface area contributed by atoms with Crippen molar-refractivity contribution in [3.8, 4) is 0 Å². The molecular weight excluding hydrogens is 262 g/mol. The van der Waals surface area contributed by atoms with E-state index in [9.17, 15) is 5.11 Å². The Balaban J connectivity index is 1.98. The van der Waals surface area contributed by atoms with Gasteiger partial charge in [-0.3, -0.25) is 0 Å². The van der Waals surface area contributed by atoms with E-state index in [1.807, 2.05) is 30.3 Å². The largest absolute Gasteiger partial charge is 0.394 e. The van der Waals surface area contributed by atoms with Crippen LogP contribution in [0.25, 0.3) is 0 Å². The van der Waals surface area contributed by atoms with Crippen LogP contribution in [0.15, 0.2) is 48.7 Å². The second kappa shape index (κ2) is 8.27. The number of nitrogens with zero attached hydrogens (tertiary/aromatic N) is 1. The molecule has 0 amide bonds. The van der Waals surface area contributed by atoms with Crippen LogP contribution in [-0.2, 0) is 6.42 Å². The molecule has 1 heterocycles. The fourth-order valence-corrected chi connectivity index (χ4v) is 2.17. The highest BCUT2D eigenvalue weighted by Crippen LogP contribution is 2.14. The van der Waals surface area contributed by atoms with Gasteiger partial charge in [0.2, 0.25) is 0 Å². The van der Waals surface area contributed by atoms with E-state index in [4.69, 9.17) is 0 Å². The predicted octanol–water partition coefficient (Wildman–Crippen LogP) is 2.92. The third-order valence-corrected chi connectivity index (χ3v) is 3.23. The molecule has 0 spiro atoms. The van der Waals surface area contributed by atoms with Crippen LogP contribution >= 0.6 is 0 Å². The smallest absolute Gasteiger partial charge is 0.127 e. The molecule has 1 unspecified atom stereocenters. The van der Waals surface area contributed by atoms with E-state index in [0.717, 1.165) is 30.9 Å². The molecule has 3 N–H and O–H groups in total. The summed E-state index contributed by atoms with van der Waals surface area (Å²) >= 11 is 0. The number of rotatable bonds is 8. The van der Waals surface area contributed by atoms with Crippen LogP contribution in [-0.4, -0.2) is 29.3 Å². The molecule has 0 aliphatic heterocycles. The van der Waals surface area contributed by atoms with E-state index in [1.54, 1.807) is 6.20 Å². The Labute approximate surface area is 126 Å². The van der Waals surface area contributed by atoms with Gasteiger partial charge in [-0.1, -0.05) is 37.3 Å². The van der Waals surface area contributed by atoms with E-state index < -0.39 is 0 Å². The second-order valence-electron chi connectivity index (χ2n) is 5.07. The Morgan fingerprint density at radius 2 is 2.00 bits per heavy atom. The topological polar surface area (TPSA) is 57.2 Å². The third-order valence-electron chi connectivity index (χ3n) is 3.23. The van der Waals surface area contributed by atoms with Crippen LogP contribution in [0.5, 0.6) is 0 Å². The molecule has 0 fully saturated rings. The highest BCUT2D eigenvalue weighted by molar-refractivity contribution is 5.52. The zero-order chi connectivity index (χ0) is 14.9. The van der Waals surface area contributed by atoms with Crippen molar-refractivity contribution in [2.75, 3.05) is 23.8 Å². The maximum Gasteiger partial charge on any atom is 0.127 e. The minimum atomic E-state index is -0.00572. The Morgan fingerprint density at radius 1 is 1.19 bits per heavy atom. The van der Waals surface area contributed by atoms with E-state index in [2.05, 4.69) is 34.7 Å². The molecule has 0 radical (unpaired) electrons. The molecule has 0 aliphatic rings. The summed E-state index contributed by atoms with van der Waals surface area (Å²) in [7, 11) is 0. The summed E-state index contributed by atoms with van der Waals surface area (Å²) in [5.74, 6) is 0.859. The van der Waals surface area contributed by atoms with Crippen molar-refractivity contribution in [2.24, 2.45) is 0 Å². The summed E-state index contributed by atoms with van der Waals surface area (Å²) in [5, 5.41) is 16.2. The quantitative estimate of drug-likeness (QED) is 0.698. The summed E-state index contributed by atoms with van der Waals surface area (Å²) < 4.78 is 0. The normalized spacial score (nSPS) is 11.9. The highest BCUT2D eigenvalue weighted by atomic mass is 16.3. The van der Waals surface area contributed by atoms with Gasteiger partial charge in [-0.25, -0.2) is 4.98 Å². The maximum atomic E-state index is 9.57. The first-order valence-electron chi connectivity index (χ1n) is 7.43. The standard InChI is InChI=1S/C17H23N3O/c1-2-9-18-17-12-15(8-10-19-17)20-16(13-21)11-14-6-4-3-5-7-14/h3-8,10,12,16,21H,2,9,11,13H2,1H3,(H2,18,19,20). The van der Waals surface area contributed by atoms with E-state index >= 15 is 0 Å². The molecule has 4 nitrogen and oxygen atoms in total.